The summed E-state index contributed by atoms with van der Waals surface area (Å²) in [6, 6.07) is 0. The van der Waals surface area contributed by atoms with Gasteiger partial charge in [0.05, 0.1) is 0 Å². The molecule has 0 aromatic carbocycles. The van der Waals surface area contributed by atoms with Gasteiger partial charge in [0.2, 0.25) is 0 Å². The van der Waals surface area contributed by atoms with Gasteiger partial charge in [-0.3, -0.25) is 4.79 Å². The van der Waals surface area contributed by atoms with E-state index in [2.05, 4.69) is 5.18 Å². The molecular formula is C4H5NO2. The quantitative estimate of drug-likeness (QED) is 0.361. The van der Waals surface area contributed by atoms with Crippen LogP contribution in [0.25, 0.3) is 0 Å². The number of carbonyl (C=O) groups is 1. The first-order valence-electron chi connectivity index (χ1n) is 1.81. The van der Waals surface area contributed by atoms with Gasteiger partial charge < -0.3 is 0 Å². The molecule has 0 fully saturated rings. The van der Waals surface area contributed by atoms with Crippen molar-refractivity contribution in [3.05, 3.63) is 17.1 Å². The fraction of sp³-hybridized carbons (Fsp3) is 0.250. The predicted molar refractivity (Wildman–Crippen MR) is 25.6 cm³/mol. The van der Waals surface area contributed by atoms with Crippen molar-refractivity contribution in [2.45, 2.75) is 6.92 Å². The highest BCUT2D eigenvalue weighted by Gasteiger charge is 1.85. The summed E-state index contributed by atoms with van der Waals surface area (Å²) in [6.07, 6.45) is 2.57. The Morgan fingerprint density at radius 2 is 2.29 bits per heavy atom. The lowest BCUT2D eigenvalue weighted by Crippen LogP contribution is -1.79. The third kappa shape index (κ3) is 2.82. The molecule has 0 saturated heterocycles. The fourth-order valence-electron chi connectivity index (χ4n) is 0.173. The lowest BCUT2D eigenvalue weighted by Gasteiger charge is -1.66. The molecule has 3 nitrogen and oxygen atoms in total. The van der Waals surface area contributed by atoms with Crippen molar-refractivity contribution in [2.75, 3.05) is 0 Å². The van der Waals surface area contributed by atoms with Crippen LogP contribution in [-0.4, -0.2) is 5.91 Å². The Morgan fingerprint density at radius 3 is 2.43 bits per heavy atom. The Bertz CT molecular complexity index is 106. The summed E-state index contributed by atoms with van der Waals surface area (Å²) in [5, 5.41) is 2.10. The van der Waals surface area contributed by atoms with E-state index < -0.39 is 5.91 Å². The molecule has 38 valence electrons. The van der Waals surface area contributed by atoms with E-state index in [0.717, 1.165) is 6.08 Å². The lowest BCUT2D eigenvalue weighted by atomic mass is 10.5. The highest BCUT2D eigenvalue weighted by Crippen LogP contribution is 1.74. The normalized spacial score (nSPS) is 9.29. The number of nitroso groups, excluding NO2 is 1. The minimum absolute atomic E-state index is 0.734. The molecule has 3 heteroatoms. The lowest BCUT2D eigenvalue weighted by molar-refractivity contribution is -0.113. The van der Waals surface area contributed by atoms with Crippen molar-refractivity contribution in [3.8, 4) is 0 Å². The molecule has 0 unspecified atom stereocenters. The Labute approximate surface area is 41.0 Å². The molecule has 0 aromatic rings. The van der Waals surface area contributed by atoms with Gasteiger partial charge in [-0.2, -0.15) is 0 Å². The number of nitrogens with zero attached hydrogens (tertiary/aromatic N) is 1. The van der Waals surface area contributed by atoms with Crippen LogP contribution in [0.15, 0.2) is 17.3 Å². The minimum Gasteiger partial charge on any atom is -0.264 e. The Morgan fingerprint density at radius 1 is 1.71 bits per heavy atom. The van der Waals surface area contributed by atoms with Crippen molar-refractivity contribution in [1.29, 1.82) is 0 Å². The van der Waals surface area contributed by atoms with E-state index in [1.807, 2.05) is 0 Å². The van der Waals surface area contributed by atoms with Crippen LogP contribution < -0.4 is 0 Å². The Kier molecular flexibility index (Phi) is 2.76. The molecule has 0 aliphatic carbocycles. The first kappa shape index (κ1) is 6.01. The summed E-state index contributed by atoms with van der Waals surface area (Å²) >= 11 is 0. The molecule has 0 saturated carbocycles. The van der Waals surface area contributed by atoms with E-state index >= 15 is 0 Å². The molecular weight excluding hydrogens is 94.0 g/mol. The van der Waals surface area contributed by atoms with E-state index in [-0.39, 0.29) is 0 Å². The van der Waals surface area contributed by atoms with Crippen molar-refractivity contribution in [2.24, 2.45) is 5.18 Å². The SMILES string of the molecule is C/C=C\C(=O)N=O. The van der Waals surface area contributed by atoms with Crippen LogP contribution in [-0.2, 0) is 4.79 Å². The van der Waals surface area contributed by atoms with Gasteiger partial charge in [0.15, 0.2) is 0 Å². The summed E-state index contributed by atoms with van der Waals surface area (Å²) in [4.78, 5) is 19.1. The predicted octanol–water partition coefficient (Wildman–Crippen LogP) is 0.856. The minimum atomic E-state index is -0.734. The average molecular weight is 99.1 g/mol. The van der Waals surface area contributed by atoms with Crippen LogP contribution in [0.1, 0.15) is 6.92 Å². The van der Waals surface area contributed by atoms with E-state index in [0.29, 0.717) is 0 Å². The second-order valence-corrected chi connectivity index (χ2v) is 0.930. The van der Waals surface area contributed by atoms with E-state index in [1.165, 1.54) is 6.08 Å². The van der Waals surface area contributed by atoms with E-state index in [1.54, 1.807) is 6.92 Å². The van der Waals surface area contributed by atoms with Crippen molar-refractivity contribution in [1.82, 2.24) is 0 Å². The van der Waals surface area contributed by atoms with E-state index in [4.69, 9.17) is 0 Å². The van der Waals surface area contributed by atoms with Crippen LogP contribution in [0.3, 0.4) is 0 Å². The molecule has 0 aromatic heterocycles. The first-order valence-corrected chi connectivity index (χ1v) is 1.81. The zero-order valence-corrected chi connectivity index (χ0v) is 3.92. The molecule has 0 rings (SSSR count). The van der Waals surface area contributed by atoms with E-state index in [9.17, 15) is 9.70 Å². The average Bonchev–Trinajstić information content (AvgIpc) is 1.68. The van der Waals surface area contributed by atoms with Crippen LogP contribution in [0.5, 0.6) is 0 Å². The smallest absolute Gasteiger partial charge is 0.264 e. The monoisotopic (exact) mass is 99.0 g/mol. The summed E-state index contributed by atoms with van der Waals surface area (Å²) in [7, 11) is 0. The molecule has 0 bridgehead atoms. The van der Waals surface area contributed by atoms with Gasteiger partial charge in [0.25, 0.3) is 0 Å². The summed E-state index contributed by atoms with van der Waals surface area (Å²) < 4.78 is 0. The number of carbonyl (C=O) groups excluding carboxylic acids is 1. The highest BCUT2D eigenvalue weighted by atomic mass is 16.3. The standard InChI is InChI=1S/C4H5NO2/c1-2-3-4(6)5-7/h2-3H,1H3/b3-2-. The maximum absolute atomic E-state index is 9.85. The molecule has 7 heavy (non-hydrogen) atoms. The highest BCUT2D eigenvalue weighted by molar-refractivity contribution is 5.87. The first-order chi connectivity index (χ1) is 3.31. The Balaban J connectivity index is 3.58. The number of hydrogen-bond donors (Lipinski definition) is 0. The number of allylic oxidation sites excluding steroid dienone is 1. The van der Waals surface area contributed by atoms with Crippen molar-refractivity contribution >= 4 is 5.91 Å². The van der Waals surface area contributed by atoms with Gasteiger partial charge in [-0.25, -0.2) is 0 Å². The molecule has 0 heterocycles. The van der Waals surface area contributed by atoms with Crippen LogP contribution >= 0.6 is 0 Å². The van der Waals surface area contributed by atoms with Crippen molar-refractivity contribution in [3.63, 3.8) is 0 Å². The maximum atomic E-state index is 9.85. The van der Waals surface area contributed by atoms with Crippen molar-refractivity contribution < 1.29 is 4.79 Å². The molecule has 0 aliphatic rings. The van der Waals surface area contributed by atoms with Crippen LogP contribution in [0.4, 0.5) is 0 Å². The zero-order chi connectivity index (χ0) is 5.70. The molecule has 0 aliphatic heterocycles. The van der Waals surface area contributed by atoms with Gasteiger partial charge in [-0.15, -0.1) is 4.91 Å². The summed E-state index contributed by atoms with van der Waals surface area (Å²) in [6.45, 7) is 1.64. The van der Waals surface area contributed by atoms with Gasteiger partial charge in [-0.1, -0.05) is 6.08 Å². The van der Waals surface area contributed by atoms with Gasteiger partial charge in [0.1, 0.15) is 0 Å². The molecule has 1 amide bonds. The third-order valence-electron chi connectivity index (χ3n) is 0.399. The summed E-state index contributed by atoms with van der Waals surface area (Å²) in [5.74, 6) is -0.734. The summed E-state index contributed by atoms with van der Waals surface area (Å²) in [5.41, 5.74) is 0. The maximum Gasteiger partial charge on any atom is 0.309 e. The second kappa shape index (κ2) is 3.21. The molecule has 0 N–H and O–H groups in total. The Hall–Kier alpha value is -0.990. The van der Waals surface area contributed by atoms with Gasteiger partial charge in [0, 0.05) is 11.3 Å². The second-order valence-electron chi connectivity index (χ2n) is 0.930. The molecule has 0 spiro atoms. The van der Waals surface area contributed by atoms with Crippen LogP contribution in [0.2, 0.25) is 0 Å². The topological polar surface area (TPSA) is 46.5 Å². The van der Waals surface area contributed by atoms with Gasteiger partial charge >= 0.3 is 5.91 Å². The molecule has 0 radical (unpaired) electrons. The van der Waals surface area contributed by atoms with Gasteiger partial charge in [-0.05, 0) is 6.92 Å². The number of hydrogen-bond acceptors (Lipinski definition) is 2. The largest absolute Gasteiger partial charge is 0.309 e. The fourth-order valence-corrected chi connectivity index (χ4v) is 0.173. The number of rotatable bonds is 1. The van der Waals surface area contributed by atoms with Crippen LogP contribution in [0, 0.1) is 4.91 Å². The number of amides is 1. The third-order valence-corrected chi connectivity index (χ3v) is 0.399. The molecule has 0 atom stereocenters. The zero-order valence-electron chi connectivity index (χ0n) is 3.92.